The Balaban J connectivity index is 1.37. The first-order valence-electron chi connectivity index (χ1n) is 12.4. The third-order valence-electron chi connectivity index (χ3n) is 6.49. The highest BCUT2D eigenvalue weighted by atomic mass is 32.1. The summed E-state index contributed by atoms with van der Waals surface area (Å²) >= 11 is 5.80. The summed E-state index contributed by atoms with van der Waals surface area (Å²) in [5.74, 6) is 0.565. The van der Waals surface area contributed by atoms with Crippen LogP contribution in [0.1, 0.15) is 23.6 Å². The maximum Gasteiger partial charge on any atom is 0.262 e. The fourth-order valence-corrected chi connectivity index (χ4v) is 4.56. The van der Waals surface area contributed by atoms with Crippen LogP contribution in [0.4, 0.5) is 15.8 Å². The largest absolute Gasteiger partial charge is 0.490 e. The summed E-state index contributed by atoms with van der Waals surface area (Å²) in [6, 6.07) is 17.9. The van der Waals surface area contributed by atoms with Crippen molar-refractivity contribution in [2.24, 2.45) is 0 Å². The van der Waals surface area contributed by atoms with Crippen molar-refractivity contribution in [3.63, 3.8) is 0 Å². The Morgan fingerprint density at radius 3 is 2.41 bits per heavy atom. The maximum atomic E-state index is 13.2. The van der Waals surface area contributed by atoms with E-state index < -0.39 is 0 Å². The minimum Gasteiger partial charge on any atom is -0.490 e. The summed E-state index contributed by atoms with van der Waals surface area (Å²) in [6.45, 7) is 9.31. The van der Waals surface area contributed by atoms with Gasteiger partial charge in [-0.15, -0.1) is 0 Å². The summed E-state index contributed by atoms with van der Waals surface area (Å²) in [4.78, 5) is 17.6. The van der Waals surface area contributed by atoms with Gasteiger partial charge in [0.05, 0.1) is 6.61 Å². The Bertz CT molecular complexity index is 1260. The molecule has 1 fully saturated rings. The molecule has 1 aliphatic heterocycles. The molecule has 0 bridgehead atoms. The number of amides is 1. The predicted molar refractivity (Wildman–Crippen MR) is 150 cm³/mol. The van der Waals surface area contributed by atoms with E-state index in [1.807, 2.05) is 51.1 Å². The average Bonchev–Trinajstić information content (AvgIpc) is 2.91. The molecule has 0 radical (unpaired) electrons. The number of halogens is 1. The minimum atomic E-state index is -0.241. The number of hydrogen-bond acceptors (Lipinski definition) is 5. The van der Waals surface area contributed by atoms with Crippen molar-refractivity contribution in [3.8, 4) is 11.5 Å². The van der Waals surface area contributed by atoms with Crippen LogP contribution in [-0.4, -0.2) is 55.2 Å². The van der Waals surface area contributed by atoms with Crippen molar-refractivity contribution in [2.75, 3.05) is 49.6 Å². The van der Waals surface area contributed by atoms with Crippen molar-refractivity contribution < 1.29 is 18.7 Å². The van der Waals surface area contributed by atoms with Gasteiger partial charge in [0, 0.05) is 43.1 Å². The molecule has 0 unspecified atom stereocenters. The molecule has 1 N–H and O–H groups in total. The number of benzene rings is 3. The highest BCUT2D eigenvalue weighted by Crippen LogP contribution is 2.30. The first-order chi connectivity index (χ1) is 17.9. The van der Waals surface area contributed by atoms with E-state index in [2.05, 4.69) is 15.1 Å². The third-order valence-corrected chi connectivity index (χ3v) is 6.98. The van der Waals surface area contributed by atoms with Gasteiger partial charge in [-0.1, -0.05) is 24.4 Å². The molecular formula is C29H32FN3O3S. The normalized spacial score (nSPS) is 13.3. The van der Waals surface area contributed by atoms with Crippen LogP contribution in [0, 0.1) is 19.7 Å². The maximum absolute atomic E-state index is 13.2. The molecule has 0 aliphatic carbocycles. The molecule has 4 rings (SSSR count). The van der Waals surface area contributed by atoms with Crippen molar-refractivity contribution in [2.45, 2.75) is 20.8 Å². The lowest BCUT2D eigenvalue weighted by atomic mass is 10.1. The molecule has 1 amide bonds. The molecule has 0 spiro atoms. The molecule has 3 aromatic carbocycles. The number of rotatable bonds is 8. The van der Waals surface area contributed by atoms with Gasteiger partial charge in [-0.3, -0.25) is 4.79 Å². The molecule has 1 saturated heterocycles. The monoisotopic (exact) mass is 521 g/mol. The average molecular weight is 522 g/mol. The molecule has 3 aromatic rings. The van der Waals surface area contributed by atoms with Crippen LogP contribution in [0.25, 0.3) is 0 Å². The minimum absolute atomic E-state index is 0.136. The van der Waals surface area contributed by atoms with E-state index in [4.69, 9.17) is 21.7 Å². The van der Waals surface area contributed by atoms with E-state index >= 15 is 0 Å². The summed E-state index contributed by atoms with van der Waals surface area (Å²) in [6.07, 6.45) is 0. The fraction of sp³-hybridized carbons (Fsp3) is 0.310. The standard InChI is InChI=1S/C29H32FN3O3S/c1-4-35-27-18-22(29(37)33-16-14-32(15-17-33)24-11-9-23(30)10-12-24)8-13-26(27)36-19-28(34)31-25-7-5-6-20(2)21(25)3/h5-13,18H,4,14-17,19H2,1-3H3,(H,31,34). The van der Waals surface area contributed by atoms with Gasteiger partial charge in [0.1, 0.15) is 10.8 Å². The number of carbonyl (C=O) groups is 1. The zero-order valence-electron chi connectivity index (χ0n) is 21.4. The Labute approximate surface area is 223 Å². The van der Waals surface area contributed by atoms with Crippen LogP contribution in [0.3, 0.4) is 0 Å². The molecule has 1 aliphatic rings. The van der Waals surface area contributed by atoms with Gasteiger partial charge in [-0.2, -0.15) is 0 Å². The Kier molecular flexibility index (Phi) is 8.61. The van der Waals surface area contributed by atoms with Crippen molar-refractivity contribution in [1.29, 1.82) is 0 Å². The number of ether oxygens (including phenoxy) is 2. The van der Waals surface area contributed by atoms with Crippen molar-refractivity contribution in [1.82, 2.24) is 4.90 Å². The molecule has 8 heteroatoms. The Morgan fingerprint density at radius 1 is 0.973 bits per heavy atom. The van der Waals surface area contributed by atoms with E-state index in [0.717, 1.165) is 59.2 Å². The van der Waals surface area contributed by atoms with Crippen LogP contribution < -0.4 is 19.7 Å². The van der Waals surface area contributed by atoms with E-state index in [1.54, 1.807) is 18.2 Å². The second kappa shape index (κ2) is 12.1. The highest BCUT2D eigenvalue weighted by Gasteiger charge is 2.21. The Hall–Kier alpha value is -3.65. The number of aryl methyl sites for hydroxylation is 1. The number of thiocarbonyl (C=S) groups is 1. The summed E-state index contributed by atoms with van der Waals surface area (Å²) in [7, 11) is 0. The number of nitrogens with one attached hydrogen (secondary N) is 1. The summed E-state index contributed by atoms with van der Waals surface area (Å²) < 4.78 is 24.9. The lowest BCUT2D eigenvalue weighted by Crippen LogP contribution is -2.48. The first-order valence-corrected chi connectivity index (χ1v) is 12.8. The van der Waals surface area contributed by atoms with Crippen LogP contribution in [-0.2, 0) is 4.79 Å². The van der Waals surface area contributed by atoms with Gasteiger partial charge in [-0.25, -0.2) is 4.39 Å². The van der Waals surface area contributed by atoms with E-state index in [-0.39, 0.29) is 18.3 Å². The van der Waals surface area contributed by atoms with Crippen LogP contribution in [0.2, 0.25) is 0 Å². The van der Waals surface area contributed by atoms with E-state index in [1.165, 1.54) is 12.1 Å². The smallest absolute Gasteiger partial charge is 0.262 e. The predicted octanol–water partition coefficient (Wildman–Crippen LogP) is 5.36. The molecular weight excluding hydrogens is 489 g/mol. The van der Waals surface area contributed by atoms with Gasteiger partial charge in [0.2, 0.25) is 0 Å². The SMILES string of the molecule is CCOc1cc(C(=S)N2CCN(c3ccc(F)cc3)CC2)ccc1OCC(=O)Nc1cccc(C)c1C. The number of hydrogen-bond donors (Lipinski definition) is 1. The highest BCUT2D eigenvalue weighted by molar-refractivity contribution is 7.80. The van der Waals surface area contributed by atoms with Gasteiger partial charge in [-0.05, 0) is 80.4 Å². The fourth-order valence-electron chi connectivity index (χ4n) is 4.25. The van der Waals surface area contributed by atoms with Crippen LogP contribution in [0.5, 0.6) is 11.5 Å². The van der Waals surface area contributed by atoms with E-state index in [0.29, 0.717) is 18.1 Å². The molecule has 37 heavy (non-hydrogen) atoms. The molecule has 1 heterocycles. The number of carbonyl (C=O) groups excluding carboxylic acids is 1. The molecule has 0 atom stereocenters. The lowest BCUT2D eigenvalue weighted by molar-refractivity contribution is -0.118. The number of nitrogens with zero attached hydrogens (tertiary/aromatic N) is 2. The summed E-state index contributed by atoms with van der Waals surface area (Å²) in [5.41, 5.74) is 4.79. The van der Waals surface area contributed by atoms with Gasteiger partial charge >= 0.3 is 0 Å². The van der Waals surface area contributed by atoms with Crippen LogP contribution >= 0.6 is 12.2 Å². The van der Waals surface area contributed by atoms with Crippen molar-refractivity contribution >= 4 is 34.5 Å². The van der Waals surface area contributed by atoms with Gasteiger partial charge < -0.3 is 24.6 Å². The molecule has 0 aromatic heterocycles. The van der Waals surface area contributed by atoms with Crippen LogP contribution in [0.15, 0.2) is 60.7 Å². The quantitative estimate of drug-likeness (QED) is 0.403. The molecule has 194 valence electrons. The third kappa shape index (κ3) is 6.57. The zero-order valence-corrected chi connectivity index (χ0v) is 22.2. The lowest BCUT2D eigenvalue weighted by Gasteiger charge is -2.37. The van der Waals surface area contributed by atoms with E-state index in [9.17, 15) is 9.18 Å². The number of piperazine rings is 1. The zero-order chi connectivity index (χ0) is 26.4. The van der Waals surface area contributed by atoms with Gasteiger partial charge in [0.25, 0.3) is 5.91 Å². The topological polar surface area (TPSA) is 54.0 Å². The molecule has 0 saturated carbocycles. The molecule has 6 nitrogen and oxygen atoms in total. The Morgan fingerprint density at radius 2 is 1.70 bits per heavy atom. The second-order valence-corrected chi connectivity index (χ2v) is 9.32. The number of anilines is 2. The van der Waals surface area contributed by atoms with Gasteiger partial charge in [0.15, 0.2) is 18.1 Å². The summed E-state index contributed by atoms with van der Waals surface area (Å²) in [5, 5.41) is 2.91. The second-order valence-electron chi connectivity index (χ2n) is 8.93. The first kappa shape index (κ1) is 26.4. The van der Waals surface area contributed by atoms with Crippen molar-refractivity contribution in [3.05, 3.63) is 83.2 Å².